The Hall–Kier alpha value is -2.02. The topological polar surface area (TPSA) is 133 Å². The van der Waals surface area contributed by atoms with Gasteiger partial charge in [0.05, 0.1) is 6.61 Å². The number of ether oxygens (including phenoxy) is 2. The highest BCUT2D eigenvalue weighted by atomic mass is 32.1. The largest absolute Gasteiger partial charge is 0.444 e. The minimum atomic E-state index is -2.08. The van der Waals surface area contributed by atoms with Crippen LogP contribution in [0.3, 0.4) is 0 Å². The normalized spacial score (nSPS) is 18.1. The maximum Gasteiger partial charge on any atom is 0.407 e. The van der Waals surface area contributed by atoms with Gasteiger partial charge in [-0.2, -0.15) is 0 Å². The Morgan fingerprint density at radius 3 is 2.51 bits per heavy atom. The van der Waals surface area contributed by atoms with Gasteiger partial charge < -0.3 is 29.9 Å². The van der Waals surface area contributed by atoms with E-state index in [4.69, 9.17) is 19.6 Å². The van der Waals surface area contributed by atoms with Crippen LogP contribution >= 0.6 is 11.3 Å². The number of hydrogen-bond acceptors (Lipinski definition) is 10. The van der Waals surface area contributed by atoms with Crippen LogP contribution in [0.2, 0.25) is 18.1 Å². The highest BCUT2D eigenvalue weighted by Gasteiger charge is 2.38. The third kappa shape index (κ3) is 8.85. The number of amides is 1. The van der Waals surface area contributed by atoms with E-state index in [0.29, 0.717) is 11.7 Å². The summed E-state index contributed by atoms with van der Waals surface area (Å²) in [4.78, 5) is 43.2. The number of piperidine rings is 1. The Balaban J connectivity index is 1.90. The van der Waals surface area contributed by atoms with E-state index in [-0.39, 0.29) is 23.4 Å². The Morgan fingerprint density at radius 1 is 1.26 bits per heavy atom. The summed E-state index contributed by atoms with van der Waals surface area (Å²) in [6.07, 6.45) is 1.21. The predicted molar refractivity (Wildman–Crippen MR) is 138 cm³/mol. The molecule has 1 saturated heterocycles. The highest BCUT2D eigenvalue weighted by molar-refractivity contribution is 7.13. The minimum Gasteiger partial charge on any atom is -0.444 e. The van der Waals surface area contributed by atoms with Gasteiger partial charge in [-0.05, 0) is 51.7 Å². The molecule has 1 fully saturated rings. The number of hydrogen-bond donors (Lipinski definition) is 2. The van der Waals surface area contributed by atoms with Gasteiger partial charge in [-0.15, -0.1) is 11.3 Å². The number of alkyl carbamates (subject to hydrolysis) is 1. The Kier molecular flexibility index (Phi) is 9.48. The molecule has 35 heavy (non-hydrogen) atoms. The van der Waals surface area contributed by atoms with Crippen LogP contribution in [-0.4, -0.2) is 68.7 Å². The number of anilines is 1. The van der Waals surface area contributed by atoms with Crippen molar-refractivity contribution >= 4 is 42.8 Å². The number of nitrogens with two attached hydrogens (primary N) is 1. The van der Waals surface area contributed by atoms with E-state index in [0.717, 1.165) is 19.4 Å². The number of carbonyl (C=O) groups is 3. The van der Waals surface area contributed by atoms with Crippen molar-refractivity contribution in [1.82, 2.24) is 10.3 Å². The lowest BCUT2D eigenvalue weighted by atomic mass is 10.1. The smallest absolute Gasteiger partial charge is 0.407 e. The maximum absolute atomic E-state index is 12.5. The third-order valence-corrected chi connectivity index (χ3v) is 11.4. The summed E-state index contributed by atoms with van der Waals surface area (Å²) in [6.45, 7) is 17.1. The molecule has 2 rings (SSSR count). The van der Waals surface area contributed by atoms with E-state index in [1.54, 1.807) is 5.38 Å². The molecule has 1 aliphatic heterocycles. The van der Waals surface area contributed by atoms with Gasteiger partial charge >= 0.3 is 18.0 Å². The number of nitrogens with one attached hydrogen (secondary N) is 1. The van der Waals surface area contributed by atoms with Crippen molar-refractivity contribution in [3.8, 4) is 0 Å². The first-order chi connectivity index (χ1) is 16.0. The molecule has 0 radical (unpaired) electrons. The van der Waals surface area contributed by atoms with Gasteiger partial charge in [0.1, 0.15) is 11.6 Å². The molecule has 0 saturated carbocycles. The average Bonchev–Trinajstić information content (AvgIpc) is 3.20. The zero-order chi connectivity index (χ0) is 26.6. The van der Waals surface area contributed by atoms with Crippen molar-refractivity contribution in [2.75, 3.05) is 24.6 Å². The van der Waals surface area contributed by atoms with Gasteiger partial charge in [-0.3, -0.25) is 0 Å². The summed E-state index contributed by atoms with van der Waals surface area (Å²) in [5.74, 6) is -1.69. The average molecular weight is 529 g/mol. The van der Waals surface area contributed by atoms with E-state index < -0.39 is 38.0 Å². The SMILES string of the molecule is CC(C)(C)OC(=O)N[C@H]1CCCN(c2nc(C(=O)OC(=O)[C@@H](N)CO[Si](C)(C)C(C)(C)C)cs2)C1. The molecule has 1 amide bonds. The summed E-state index contributed by atoms with van der Waals surface area (Å²) in [6, 6.07) is -1.16. The van der Waals surface area contributed by atoms with Gasteiger partial charge in [0, 0.05) is 24.5 Å². The summed E-state index contributed by atoms with van der Waals surface area (Å²) >= 11 is 1.28. The summed E-state index contributed by atoms with van der Waals surface area (Å²) in [5.41, 5.74) is 5.38. The highest BCUT2D eigenvalue weighted by Crippen LogP contribution is 2.36. The quantitative estimate of drug-likeness (QED) is 0.309. The first-order valence-electron chi connectivity index (χ1n) is 11.8. The summed E-state index contributed by atoms with van der Waals surface area (Å²) in [7, 11) is -2.08. The minimum absolute atomic E-state index is 0.00919. The Morgan fingerprint density at radius 2 is 1.91 bits per heavy atom. The maximum atomic E-state index is 12.5. The van der Waals surface area contributed by atoms with E-state index in [2.05, 4.69) is 44.2 Å². The van der Waals surface area contributed by atoms with E-state index in [1.165, 1.54) is 11.3 Å². The molecule has 2 atom stereocenters. The lowest BCUT2D eigenvalue weighted by molar-refractivity contribution is -0.140. The van der Waals surface area contributed by atoms with Crippen molar-refractivity contribution < 1.29 is 28.3 Å². The number of nitrogens with zero attached hydrogens (tertiary/aromatic N) is 2. The van der Waals surface area contributed by atoms with Crippen LogP contribution in [0, 0.1) is 0 Å². The fraction of sp³-hybridized carbons (Fsp3) is 0.739. The fourth-order valence-corrected chi connectivity index (χ4v) is 4.91. The van der Waals surface area contributed by atoms with Crippen LogP contribution in [0.25, 0.3) is 0 Å². The Labute approximate surface area is 213 Å². The Bertz CT molecular complexity index is 909. The van der Waals surface area contributed by atoms with E-state index in [9.17, 15) is 14.4 Å². The third-order valence-electron chi connectivity index (χ3n) is 6.04. The van der Waals surface area contributed by atoms with Gasteiger partial charge in [-0.1, -0.05) is 20.8 Å². The van der Waals surface area contributed by atoms with Crippen LogP contribution in [0.15, 0.2) is 5.38 Å². The van der Waals surface area contributed by atoms with Crippen LogP contribution in [0.4, 0.5) is 9.93 Å². The zero-order valence-electron chi connectivity index (χ0n) is 22.1. The predicted octanol–water partition coefficient (Wildman–Crippen LogP) is 3.67. The van der Waals surface area contributed by atoms with Crippen molar-refractivity contribution in [3.05, 3.63) is 11.1 Å². The van der Waals surface area contributed by atoms with Crippen LogP contribution < -0.4 is 16.0 Å². The molecule has 12 heteroatoms. The lowest BCUT2D eigenvalue weighted by Gasteiger charge is -2.36. The molecule has 198 valence electrons. The van der Waals surface area contributed by atoms with Crippen LogP contribution in [-0.2, 0) is 18.7 Å². The number of carbonyl (C=O) groups excluding carboxylic acids is 3. The number of rotatable bonds is 7. The number of aromatic nitrogens is 1. The van der Waals surface area contributed by atoms with E-state index >= 15 is 0 Å². The monoisotopic (exact) mass is 528 g/mol. The molecular weight excluding hydrogens is 488 g/mol. The van der Waals surface area contributed by atoms with Crippen molar-refractivity contribution in [3.63, 3.8) is 0 Å². The van der Waals surface area contributed by atoms with Crippen LogP contribution in [0.5, 0.6) is 0 Å². The number of esters is 2. The summed E-state index contributed by atoms with van der Waals surface area (Å²) < 4.78 is 16.2. The molecular formula is C23H40N4O6SSi. The van der Waals surface area contributed by atoms with Gasteiger partial charge in [0.2, 0.25) is 0 Å². The van der Waals surface area contributed by atoms with Gasteiger partial charge in [-0.25, -0.2) is 19.4 Å². The van der Waals surface area contributed by atoms with E-state index in [1.807, 2.05) is 25.7 Å². The molecule has 3 N–H and O–H groups in total. The molecule has 0 spiro atoms. The molecule has 0 aromatic carbocycles. The van der Waals surface area contributed by atoms with Crippen molar-refractivity contribution in [1.29, 1.82) is 0 Å². The lowest BCUT2D eigenvalue weighted by Crippen LogP contribution is -2.49. The van der Waals surface area contributed by atoms with Gasteiger partial charge in [0.15, 0.2) is 19.1 Å². The molecule has 0 unspecified atom stereocenters. The molecule has 1 aromatic heterocycles. The first kappa shape index (κ1) is 29.2. The molecule has 1 aliphatic rings. The second-order valence-corrected chi connectivity index (χ2v) is 17.0. The molecule has 1 aromatic rings. The van der Waals surface area contributed by atoms with Crippen LogP contribution in [0.1, 0.15) is 64.9 Å². The second kappa shape index (κ2) is 11.4. The molecule has 0 aliphatic carbocycles. The number of thiazole rings is 1. The summed E-state index contributed by atoms with van der Waals surface area (Å²) in [5, 5.41) is 5.03. The molecule has 0 bridgehead atoms. The molecule has 2 heterocycles. The zero-order valence-corrected chi connectivity index (χ0v) is 23.9. The van der Waals surface area contributed by atoms with Gasteiger partial charge in [0.25, 0.3) is 0 Å². The first-order valence-corrected chi connectivity index (χ1v) is 15.6. The van der Waals surface area contributed by atoms with Crippen molar-refractivity contribution in [2.45, 2.75) is 90.2 Å². The second-order valence-electron chi connectivity index (χ2n) is 11.3. The standard InChI is InChI=1S/C23H40N4O6SSi/c1-22(2,3)33-21(30)25-15-10-9-11-27(12-15)20-26-17(14-34-20)19(29)32-18(28)16(24)13-31-35(7,8)23(4,5)6/h14-16H,9-13,24H2,1-8H3,(H,25,30)/t15-,16-/m0/s1. The fourth-order valence-electron chi connectivity index (χ4n) is 3.05. The van der Waals surface area contributed by atoms with Crippen molar-refractivity contribution in [2.24, 2.45) is 5.73 Å². The molecule has 10 nitrogen and oxygen atoms in total.